The second kappa shape index (κ2) is 1.97. The number of rotatable bonds is 0. The predicted molar refractivity (Wildman–Crippen MR) is 27.1 cm³/mol. The minimum absolute atomic E-state index is 0.0532. The standard InChI is InChI=1S/C5H9F2N/c6-5(7)2-1-3-8-4-5/h8H,1-4H2/i/hD. The largest absolute Gasteiger partial charge is 0.311 e. The highest BCUT2D eigenvalue weighted by atomic mass is 19.3. The van der Waals surface area contributed by atoms with E-state index in [9.17, 15) is 8.78 Å². The maximum absolute atomic E-state index is 12.3. The number of hydrogen-bond acceptors (Lipinski definition) is 1. The first-order valence-electron chi connectivity index (χ1n) is 3.16. The molecule has 1 rings (SSSR count). The van der Waals surface area contributed by atoms with Crippen LogP contribution in [0.15, 0.2) is 0 Å². The van der Waals surface area contributed by atoms with Gasteiger partial charge in [-0.15, -0.1) is 0 Å². The molecule has 0 aromatic carbocycles. The summed E-state index contributed by atoms with van der Waals surface area (Å²) in [6.45, 7) is 0.0859. The van der Waals surface area contributed by atoms with Crippen molar-refractivity contribution >= 4 is 0 Å². The molecule has 1 N–H and O–H groups in total. The normalized spacial score (nSPS) is 32.0. The van der Waals surface area contributed by atoms with Crippen LogP contribution in [0.5, 0.6) is 0 Å². The van der Waals surface area contributed by atoms with Gasteiger partial charge in [0.25, 0.3) is 5.92 Å². The van der Waals surface area contributed by atoms with Crippen LogP contribution in [-0.2, 0) is 0 Å². The molecule has 1 aliphatic heterocycles. The first-order chi connectivity index (χ1) is 4.10. The van der Waals surface area contributed by atoms with E-state index in [1.54, 1.807) is 0 Å². The van der Waals surface area contributed by atoms with Crippen LogP contribution in [0.1, 0.15) is 12.8 Å². The Hall–Kier alpha value is -0.180. The average molecular weight is 122 g/mol. The first-order valence-corrected chi connectivity index (χ1v) is 2.72. The van der Waals surface area contributed by atoms with Gasteiger partial charge in [0, 0.05) is 6.42 Å². The van der Waals surface area contributed by atoms with E-state index < -0.39 is 12.5 Å². The van der Waals surface area contributed by atoms with Crippen molar-refractivity contribution in [3.05, 3.63) is 0 Å². The third-order valence-corrected chi connectivity index (χ3v) is 1.20. The topological polar surface area (TPSA) is 12.0 Å². The zero-order valence-electron chi connectivity index (χ0n) is 5.53. The van der Waals surface area contributed by atoms with Crippen molar-refractivity contribution < 1.29 is 10.2 Å². The second-order valence-corrected chi connectivity index (χ2v) is 2.06. The minimum atomic E-state index is -2.61. The molecule has 1 fully saturated rings. The lowest BCUT2D eigenvalue weighted by atomic mass is 10.1. The Balaban J connectivity index is 2.41. The molecule has 3 heteroatoms. The lowest BCUT2D eigenvalue weighted by Crippen LogP contribution is -2.38. The van der Waals surface area contributed by atoms with E-state index >= 15 is 0 Å². The fourth-order valence-corrected chi connectivity index (χ4v) is 0.771. The second-order valence-electron chi connectivity index (χ2n) is 2.06. The molecule has 0 aliphatic carbocycles. The molecule has 8 heavy (non-hydrogen) atoms. The average Bonchev–Trinajstić information content (AvgIpc) is 1.60. The Morgan fingerprint density at radius 3 is 2.75 bits per heavy atom. The van der Waals surface area contributed by atoms with Gasteiger partial charge >= 0.3 is 0 Å². The van der Waals surface area contributed by atoms with Gasteiger partial charge in [0.2, 0.25) is 0 Å². The van der Waals surface area contributed by atoms with Crippen molar-refractivity contribution in [2.24, 2.45) is 0 Å². The highest BCUT2D eigenvalue weighted by Crippen LogP contribution is 2.21. The van der Waals surface area contributed by atoms with Gasteiger partial charge in [-0.1, -0.05) is 0 Å². The summed E-state index contributed by atoms with van der Waals surface area (Å²) in [6, 6.07) is 0. The number of piperidine rings is 1. The number of alkyl halides is 2. The summed E-state index contributed by atoms with van der Waals surface area (Å²) in [5.74, 6) is -2.61. The molecule has 0 aromatic rings. The van der Waals surface area contributed by atoms with E-state index in [1.807, 2.05) is 0 Å². The molecule has 1 heterocycles. The van der Waals surface area contributed by atoms with Gasteiger partial charge in [-0.05, 0) is 13.0 Å². The van der Waals surface area contributed by atoms with E-state index in [0.717, 1.165) is 5.31 Å². The van der Waals surface area contributed by atoms with E-state index in [0.29, 0.717) is 13.0 Å². The summed E-state index contributed by atoms with van der Waals surface area (Å²) in [6.07, 6.45) is 0.388. The molecule has 48 valence electrons. The number of hydrogen-bond donors (Lipinski definition) is 1. The Morgan fingerprint density at radius 2 is 2.38 bits per heavy atom. The lowest BCUT2D eigenvalue weighted by Gasteiger charge is -2.21. The van der Waals surface area contributed by atoms with Crippen LogP contribution in [0.4, 0.5) is 8.78 Å². The smallest absolute Gasteiger partial charge is 0.260 e. The molecule has 0 spiro atoms. The van der Waals surface area contributed by atoms with Gasteiger partial charge in [-0.2, -0.15) is 0 Å². The predicted octanol–water partition coefficient (Wildman–Crippen LogP) is 1.01. The maximum Gasteiger partial charge on any atom is 0.260 e. The summed E-state index contributed by atoms with van der Waals surface area (Å²) in [5.41, 5.74) is 0. The highest BCUT2D eigenvalue weighted by Gasteiger charge is 2.30. The van der Waals surface area contributed by atoms with Gasteiger partial charge in [0.05, 0.1) is 6.54 Å². The van der Waals surface area contributed by atoms with Crippen molar-refractivity contribution in [3.8, 4) is 0 Å². The molecule has 0 saturated carbocycles. The third kappa shape index (κ3) is 1.40. The molecule has 1 nitrogen and oxygen atoms in total. The van der Waals surface area contributed by atoms with E-state index in [1.165, 1.54) is 0 Å². The molecule has 0 radical (unpaired) electrons. The summed E-state index contributed by atoms with van der Waals surface area (Å²) in [4.78, 5) is 0. The molecular weight excluding hydrogens is 112 g/mol. The fraction of sp³-hybridized carbons (Fsp3) is 1.00. The van der Waals surface area contributed by atoms with Gasteiger partial charge in [0.15, 0.2) is 0 Å². The molecule has 0 atom stereocenters. The van der Waals surface area contributed by atoms with Crippen molar-refractivity contribution in [2.75, 3.05) is 13.1 Å². The molecule has 0 amide bonds. The fourth-order valence-electron chi connectivity index (χ4n) is 0.771. The van der Waals surface area contributed by atoms with Crippen LogP contribution in [0.3, 0.4) is 0 Å². The Labute approximate surface area is 48.5 Å². The molecule has 0 aromatic heterocycles. The quantitative estimate of drug-likeness (QED) is 0.505. The monoisotopic (exact) mass is 122 g/mol. The van der Waals surface area contributed by atoms with Crippen molar-refractivity contribution in [1.82, 2.24) is 5.31 Å². The zero-order valence-corrected chi connectivity index (χ0v) is 4.53. The van der Waals surface area contributed by atoms with Crippen molar-refractivity contribution in [2.45, 2.75) is 18.8 Å². The summed E-state index contributed by atoms with van der Waals surface area (Å²) >= 11 is 0. The summed E-state index contributed by atoms with van der Waals surface area (Å²) in [7, 11) is 0. The molecule has 0 bridgehead atoms. The van der Waals surface area contributed by atoms with E-state index in [-0.39, 0.29) is 6.42 Å². The van der Waals surface area contributed by atoms with Crippen LogP contribution in [-0.4, -0.2) is 19.0 Å². The van der Waals surface area contributed by atoms with Crippen LogP contribution in [0.2, 0.25) is 1.41 Å². The first kappa shape index (κ1) is 4.68. The highest BCUT2D eigenvalue weighted by molar-refractivity contribution is 4.74. The van der Waals surface area contributed by atoms with Crippen LogP contribution in [0, 0.1) is 0 Å². The van der Waals surface area contributed by atoms with Gasteiger partial charge in [-0.3, -0.25) is 0 Å². The summed E-state index contributed by atoms with van der Waals surface area (Å²) in [5, 5.41) is 0.920. The van der Waals surface area contributed by atoms with Crippen molar-refractivity contribution in [3.63, 3.8) is 0 Å². The van der Waals surface area contributed by atoms with Crippen molar-refractivity contribution in [1.29, 1.82) is 0 Å². The molecule has 1 aliphatic rings. The summed E-state index contributed by atoms with van der Waals surface area (Å²) < 4.78 is 31.5. The Bertz CT molecular complexity index is 107. The van der Waals surface area contributed by atoms with Crippen LogP contribution >= 0.6 is 0 Å². The number of nitrogens with one attached hydrogen (secondary N) is 1. The maximum atomic E-state index is 12.3. The Morgan fingerprint density at radius 1 is 1.62 bits per heavy atom. The lowest BCUT2D eigenvalue weighted by molar-refractivity contribution is -0.0208. The zero-order chi connectivity index (χ0) is 6.91. The molecule has 1 saturated heterocycles. The third-order valence-electron chi connectivity index (χ3n) is 1.20. The van der Waals surface area contributed by atoms with E-state index in [4.69, 9.17) is 1.41 Å². The number of halogens is 2. The SMILES string of the molecule is [2H]N1CCCC(F)(F)C1. The van der Waals surface area contributed by atoms with Gasteiger partial charge in [0.1, 0.15) is 1.41 Å². The molecule has 0 unspecified atom stereocenters. The van der Waals surface area contributed by atoms with Gasteiger partial charge < -0.3 is 5.31 Å². The van der Waals surface area contributed by atoms with Crippen LogP contribution < -0.4 is 5.31 Å². The Kier molecular flexibility index (Phi) is 1.15. The van der Waals surface area contributed by atoms with Gasteiger partial charge in [-0.25, -0.2) is 8.78 Å². The van der Waals surface area contributed by atoms with E-state index in [2.05, 4.69) is 0 Å². The van der Waals surface area contributed by atoms with Crippen LogP contribution in [0.25, 0.3) is 0 Å². The minimum Gasteiger partial charge on any atom is -0.311 e. The molecular formula is C5H9F2N.